The minimum atomic E-state index is -1.35. The van der Waals surface area contributed by atoms with Crippen molar-refractivity contribution in [1.82, 2.24) is 4.72 Å². The number of benzene rings is 1. The fourth-order valence-electron chi connectivity index (χ4n) is 1.87. The Morgan fingerprint density at radius 2 is 1.90 bits per heavy atom. The van der Waals surface area contributed by atoms with Crippen molar-refractivity contribution in [1.29, 1.82) is 0 Å². The summed E-state index contributed by atoms with van der Waals surface area (Å²) < 4.78 is 25.1. The van der Waals surface area contributed by atoms with Crippen molar-refractivity contribution >= 4 is 17.0 Å². The summed E-state index contributed by atoms with van der Waals surface area (Å²) in [6.45, 7) is 6.20. The SMILES string of the molecule is CCOC(=O)CCNS(=O)c1c(C)cc(OC)cc1C. The van der Waals surface area contributed by atoms with E-state index >= 15 is 0 Å². The molecule has 0 aromatic heterocycles. The summed E-state index contributed by atoms with van der Waals surface area (Å²) in [5, 5.41) is 0. The fourth-order valence-corrected chi connectivity index (χ4v) is 3.01. The van der Waals surface area contributed by atoms with Gasteiger partial charge in [0.1, 0.15) is 16.7 Å². The molecule has 1 atom stereocenters. The van der Waals surface area contributed by atoms with Crippen LogP contribution in [0.2, 0.25) is 0 Å². The van der Waals surface area contributed by atoms with Gasteiger partial charge in [-0.05, 0) is 44.0 Å². The van der Waals surface area contributed by atoms with E-state index in [0.717, 1.165) is 21.8 Å². The number of ether oxygens (including phenoxy) is 2. The van der Waals surface area contributed by atoms with Crippen molar-refractivity contribution in [3.05, 3.63) is 23.3 Å². The van der Waals surface area contributed by atoms with E-state index in [4.69, 9.17) is 9.47 Å². The van der Waals surface area contributed by atoms with Crippen molar-refractivity contribution in [2.24, 2.45) is 0 Å². The van der Waals surface area contributed by atoms with E-state index in [0.29, 0.717) is 13.2 Å². The van der Waals surface area contributed by atoms with E-state index in [9.17, 15) is 9.00 Å². The smallest absolute Gasteiger partial charge is 0.307 e. The third-order valence-electron chi connectivity index (χ3n) is 2.72. The first-order valence-corrected chi connectivity index (χ1v) is 7.60. The van der Waals surface area contributed by atoms with Crippen molar-refractivity contribution < 1.29 is 18.5 Å². The molecule has 1 N–H and O–H groups in total. The highest BCUT2D eigenvalue weighted by Crippen LogP contribution is 2.23. The monoisotopic (exact) mass is 299 g/mol. The number of hydrogen-bond donors (Lipinski definition) is 1. The zero-order valence-corrected chi connectivity index (χ0v) is 13.1. The molecule has 0 radical (unpaired) electrons. The van der Waals surface area contributed by atoms with Crippen LogP contribution in [0, 0.1) is 13.8 Å². The predicted molar refractivity (Wildman–Crippen MR) is 78.1 cm³/mol. The molecule has 0 spiro atoms. The highest BCUT2D eigenvalue weighted by molar-refractivity contribution is 7.83. The molecular formula is C14H21NO4S. The van der Waals surface area contributed by atoms with Crippen LogP contribution in [-0.2, 0) is 20.5 Å². The Labute approximate surface area is 122 Å². The lowest BCUT2D eigenvalue weighted by Crippen LogP contribution is -2.23. The van der Waals surface area contributed by atoms with Crippen LogP contribution < -0.4 is 9.46 Å². The maximum atomic E-state index is 12.2. The van der Waals surface area contributed by atoms with Gasteiger partial charge in [-0.25, -0.2) is 8.93 Å². The average molecular weight is 299 g/mol. The predicted octanol–water partition coefficient (Wildman–Crippen LogP) is 1.88. The van der Waals surface area contributed by atoms with Crippen LogP contribution in [-0.4, -0.2) is 30.4 Å². The molecule has 1 aromatic carbocycles. The number of methoxy groups -OCH3 is 1. The molecule has 0 fully saturated rings. The van der Waals surface area contributed by atoms with Gasteiger partial charge in [-0.3, -0.25) is 4.79 Å². The zero-order valence-electron chi connectivity index (χ0n) is 12.3. The van der Waals surface area contributed by atoms with Crippen molar-refractivity contribution in [3.8, 4) is 5.75 Å². The molecule has 1 unspecified atom stereocenters. The van der Waals surface area contributed by atoms with Crippen LogP contribution in [0.25, 0.3) is 0 Å². The van der Waals surface area contributed by atoms with Crippen molar-refractivity contribution in [2.75, 3.05) is 20.3 Å². The molecule has 0 saturated heterocycles. The topological polar surface area (TPSA) is 64.6 Å². The van der Waals surface area contributed by atoms with Crippen LogP contribution in [0.5, 0.6) is 5.75 Å². The molecule has 20 heavy (non-hydrogen) atoms. The largest absolute Gasteiger partial charge is 0.497 e. The van der Waals surface area contributed by atoms with Gasteiger partial charge in [0.25, 0.3) is 0 Å². The summed E-state index contributed by atoms with van der Waals surface area (Å²) in [5.41, 5.74) is 1.78. The first-order valence-electron chi connectivity index (χ1n) is 6.45. The summed E-state index contributed by atoms with van der Waals surface area (Å²) in [5.74, 6) is 0.451. The van der Waals surface area contributed by atoms with Gasteiger partial charge in [-0.1, -0.05) is 0 Å². The van der Waals surface area contributed by atoms with E-state index in [1.54, 1.807) is 14.0 Å². The molecule has 0 amide bonds. The molecule has 0 aliphatic carbocycles. The van der Waals surface area contributed by atoms with Crippen molar-refractivity contribution in [2.45, 2.75) is 32.1 Å². The molecule has 1 rings (SSSR count). The summed E-state index contributed by atoms with van der Waals surface area (Å²) >= 11 is 0. The van der Waals surface area contributed by atoms with Crippen LogP contribution in [0.4, 0.5) is 0 Å². The number of aryl methyl sites for hydroxylation is 2. The second-order valence-corrected chi connectivity index (χ2v) is 5.54. The highest BCUT2D eigenvalue weighted by Gasteiger charge is 2.13. The molecule has 0 heterocycles. The third-order valence-corrected chi connectivity index (χ3v) is 4.20. The van der Waals surface area contributed by atoms with Gasteiger partial charge in [-0.2, -0.15) is 0 Å². The van der Waals surface area contributed by atoms with Crippen LogP contribution in [0.3, 0.4) is 0 Å². The molecule has 0 aliphatic heterocycles. The second kappa shape index (κ2) is 8.01. The Balaban J connectivity index is 2.66. The minimum absolute atomic E-state index is 0.202. The molecule has 1 aromatic rings. The van der Waals surface area contributed by atoms with E-state index in [-0.39, 0.29) is 12.4 Å². The molecule has 0 saturated carbocycles. The Hall–Kier alpha value is -1.40. The Morgan fingerprint density at radius 1 is 1.30 bits per heavy atom. The summed E-state index contributed by atoms with van der Waals surface area (Å²) in [4.78, 5) is 11.9. The average Bonchev–Trinajstić information content (AvgIpc) is 2.38. The number of hydrogen-bond acceptors (Lipinski definition) is 4. The first kappa shape index (κ1) is 16.7. The van der Waals surface area contributed by atoms with Gasteiger partial charge in [-0.15, -0.1) is 0 Å². The van der Waals surface area contributed by atoms with Crippen LogP contribution in [0.1, 0.15) is 24.5 Å². The number of esters is 1. The van der Waals surface area contributed by atoms with E-state index in [1.165, 1.54) is 0 Å². The third kappa shape index (κ3) is 4.61. The lowest BCUT2D eigenvalue weighted by atomic mass is 10.1. The molecule has 0 bridgehead atoms. The minimum Gasteiger partial charge on any atom is -0.497 e. The van der Waals surface area contributed by atoms with Gasteiger partial charge >= 0.3 is 5.97 Å². The summed E-state index contributed by atoms with van der Waals surface area (Å²) in [6.07, 6.45) is 0.202. The zero-order chi connectivity index (χ0) is 15.1. The Bertz CT molecular complexity index is 479. The Morgan fingerprint density at radius 3 is 2.40 bits per heavy atom. The molecule has 0 aliphatic rings. The fraction of sp³-hybridized carbons (Fsp3) is 0.500. The maximum Gasteiger partial charge on any atom is 0.307 e. The van der Waals surface area contributed by atoms with E-state index in [2.05, 4.69) is 4.72 Å². The molecular weight excluding hydrogens is 278 g/mol. The lowest BCUT2D eigenvalue weighted by molar-refractivity contribution is -0.142. The van der Waals surface area contributed by atoms with E-state index < -0.39 is 11.0 Å². The summed E-state index contributed by atoms with van der Waals surface area (Å²) in [6, 6.07) is 3.68. The van der Waals surface area contributed by atoms with E-state index in [1.807, 2.05) is 26.0 Å². The van der Waals surface area contributed by atoms with Gasteiger partial charge in [0, 0.05) is 6.54 Å². The second-order valence-electron chi connectivity index (χ2n) is 4.31. The van der Waals surface area contributed by atoms with Gasteiger partial charge < -0.3 is 9.47 Å². The normalized spacial score (nSPS) is 12.0. The van der Waals surface area contributed by atoms with Gasteiger partial charge in [0.2, 0.25) is 0 Å². The van der Waals surface area contributed by atoms with Gasteiger partial charge in [0.15, 0.2) is 0 Å². The highest BCUT2D eigenvalue weighted by atomic mass is 32.2. The molecule has 5 nitrogen and oxygen atoms in total. The van der Waals surface area contributed by atoms with Crippen LogP contribution >= 0.6 is 0 Å². The molecule has 112 valence electrons. The first-order chi connectivity index (χ1) is 9.49. The number of carbonyl (C=O) groups excluding carboxylic acids is 1. The van der Waals surface area contributed by atoms with Crippen molar-refractivity contribution in [3.63, 3.8) is 0 Å². The quantitative estimate of drug-likeness (QED) is 0.781. The van der Waals surface area contributed by atoms with Crippen LogP contribution in [0.15, 0.2) is 17.0 Å². The maximum absolute atomic E-state index is 12.2. The molecule has 6 heteroatoms. The standard InChI is InChI=1S/C14H21NO4S/c1-5-19-13(16)6-7-15-20(17)14-10(2)8-12(18-4)9-11(14)3/h8-9,15H,5-7H2,1-4H3. The van der Waals surface area contributed by atoms with Gasteiger partial charge in [0.05, 0.1) is 25.0 Å². The lowest BCUT2D eigenvalue weighted by Gasteiger charge is -2.12. The Kier molecular flexibility index (Phi) is 6.67. The number of carbonyl (C=O) groups is 1. The number of rotatable bonds is 7. The number of nitrogens with one attached hydrogen (secondary N) is 1. The summed E-state index contributed by atoms with van der Waals surface area (Å²) in [7, 11) is 0.249.